The molecule has 1 unspecified atom stereocenters. The van der Waals surface area contributed by atoms with Gasteiger partial charge >= 0.3 is 11.9 Å². The first-order valence-electron chi connectivity index (χ1n) is 11.7. The number of carboxylic acid groups (broad SMARTS) is 2. The number of carbonyl (C=O) groups is 2. The number of hydrogen-bond donors (Lipinski definition) is 2. The fourth-order valence-corrected chi connectivity index (χ4v) is 3.52. The Bertz CT molecular complexity index is 403. The van der Waals surface area contributed by atoms with Crippen LogP contribution in [0.4, 0.5) is 0 Å². The van der Waals surface area contributed by atoms with Gasteiger partial charge in [0.15, 0.2) is 0 Å². The van der Waals surface area contributed by atoms with E-state index in [9.17, 15) is 9.59 Å². The molecule has 28 heavy (non-hydrogen) atoms. The van der Waals surface area contributed by atoms with Crippen LogP contribution < -0.4 is 0 Å². The molecule has 0 amide bonds. The number of hydrogen-bond acceptors (Lipinski definition) is 2. The van der Waals surface area contributed by atoms with E-state index in [1.165, 1.54) is 83.5 Å². The summed E-state index contributed by atoms with van der Waals surface area (Å²) in [6, 6.07) is 0. The highest BCUT2D eigenvalue weighted by Gasteiger charge is 2.20. The van der Waals surface area contributed by atoms with Gasteiger partial charge in [0.2, 0.25) is 0 Å². The Morgan fingerprint density at radius 3 is 1.54 bits per heavy atom. The van der Waals surface area contributed by atoms with Gasteiger partial charge in [-0.15, -0.1) is 0 Å². The monoisotopic (exact) mass is 396 g/mol. The molecule has 0 spiro atoms. The fourth-order valence-electron chi connectivity index (χ4n) is 3.52. The molecule has 0 radical (unpaired) electrons. The van der Waals surface area contributed by atoms with E-state index in [0.717, 1.165) is 19.3 Å². The van der Waals surface area contributed by atoms with Crippen LogP contribution in [0, 0.1) is 5.92 Å². The SMILES string of the molecule is CCCCCC/C=C/CCCCCCCCCCCCC(CC(=O)O)C(=O)O. The number of aliphatic carboxylic acids is 2. The van der Waals surface area contributed by atoms with Crippen molar-refractivity contribution in [1.29, 1.82) is 0 Å². The summed E-state index contributed by atoms with van der Waals surface area (Å²) >= 11 is 0. The highest BCUT2D eigenvalue weighted by Crippen LogP contribution is 2.16. The lowest BCUT2D eigenvalue weighted by atomic mass is 9.97. The van der Waals surface area contributed by atoms with E-state index in [1.807, 2.05) is 0 Å². The summed E-state index contributed by atoms with van der Waals surface area (Å²) < 4.78 is 0. The quantitative estimate of drug-likeness (QED) is 0.157. The van der Waals surface area contributed by atoms with Gasteiger partial charge in [0, 0.05) is 0 Å². The molecule has 0 bridgehead atoms. The van der Waals surface area contributed by atoms with Gasteiger partial charge in [-0.3, -0.25) is 9.59 Å². The lowest BCUT2D eigenvalue weighted by Crippen LogP contribution is -2.17. The van der Waals surface area contributed by atoms with Gasteiger partial charge in [-0.05, 0) is 32.1 Å². The average Bonchev–Trinajstić information content (AvgIpc) is 2.65. The topological polar surface area (TPSA) is 74.6 Å². The van der Waals surface area contributed by atoms with E-state index in [4.69, 9.17) is 10.2 Å². The zero-order valence-electron chi connectivity index (χ0n) is 18.2. The van der Waals surface area contributed by atoms with Crippen LogP contribution in [0.15, 0.2) is 12.2 Å². The highest BCUT2D eigenvalue weighted by atomic mass is 16.4. The molecule has 0 aliphatic carbocycles. The summed E-state index contributed by atoms with van der Waals surface area (Å²) in [5.41, 5.74) is 0. The largest absolute Gasteiger partial charge is 0.481 e. The van der Waals surface area contributed by atoms with Gasteiger partial charge in [-0.1, -0.05) is 96.1 Å². The van der Waals surface area contributed by atoms with Crippen molar-refractivity contribution in [3.8, 4) is 0 Å². The van der Waals surface area contributed by atoms with Crippen molar-refractivity contribution in [3.63, 3.8) is 0 Å². The first-order valence-corrected chi connectivity index (χ1v) is 11.7. The molecule has 0 aliphatic rings. The Morgan fingerprint density at radius 1 is 0.679 bits per heavy atom. The van der Waals surface area contributed by atoms with E-state index in [1.54, 1.807) is 0 Å². The predicted octanol–water partition coefficient (Wildman–Crippen LogP) is 7.37. The molecule has 4 heteroatoms. The molecular formula is C24H44O4. The summed E-state index contributed by atoms with van der Waals surface area (Å²) in [7, 11) is 0. The van der Waals surface area contributed by atoms with Crippen LogP contribution in [-0.4, -0.2) is 22.2 Å². The summed E-state index contributed by atoms with van der Waals surface area (Å²) in [6.45, 7) is 2.25. The Balaban J connectivity index is 3.30. The minimum absolute atomic E-state index is 0.260. The van der Waals surface area contributed by atoms with Crippen LogP contribution in [0.3, 0.4) is 0 Å². The summed E-state index contributed by atoms with van der Waals surface area (Å²) in [5.74, 6) is -2.73. The average molecular weight is 397 g/mol. The zero-order valence-corrected chi connectivity index (χ0v) is 18.2. The maximum atomic E-state index is 11.0. The van der Waals surface area contributed by atoms with Gasteiger partial charge in [0.25, 0.3) is 0 Å². The van der Waals surface area contributed by atoms with Gasteiger partial charge < -0.3 is 10.2 Å². The Labute approximate surface area is 172 Å². The van der Waals surface area contributed by atoms with Crippen LogP contribution in [0.5, 0.6) is 0 Å². The van der Waals surface area contributed by atoms with Crippen molar-refractivity contribution in [3.05, 3.63) is 12.2 Å². The molecule has 0 rings (SSSR count). The maximum Gasteiger partial charge on any atom is 0.307 e. The molecule has 0 aromatic rings. The number of unbranched alkanes of at least 4 members (excludes halogenated alkanes) is 14. The maximum absolute atomic E-state index is 11.0. The van der Waals surface area contributed by atoms with Gasteiger partial charge in [0.1, 0.15) is 0 Å². The second kappa shape index (κ2) is 20.4. The molecule has 0 aromatic heterocycles. The molecule has 0 aliphatic heterocycles. The van der Waals surface area contributed by atoms with Crippen LogP contribution in [0.1, 0.15) is 122 Å². The van der Waals surface area contributed by atoms with Crippen molar-refractivity contribution >= 4 is 11.9 Å². The number of rotatable bonds is 21. The zero-order chi connectivity index (χ0) is 20.9. The second-order valence-corrected chi connectivity index (χ2v) is 8.07. The molecule has 0 aromatic carbocycles. The third kappa shape index (κ3) is 19.4. The van der Waals surface area contributed by atoms with Crippen molar-refractivity contribution < 1.29 is 19.8 Å². The van der Waals surface area contributed by atoms with E-state index >= 15 is 0 Å². The van der Waals surface area contributed by atoms with E-state index in [-0.39, 0.29) is 6.42 Å². The summed E-state index contributed by atoms with van der Waals surface area (Å²) in [6.07, 6.45) is 24.8. The molecule has 0 saturated carbocycles. The molecule has 0 heterocycles. The van der Waals surface area contributed by atoms with E-state index in [0.29, 0.717) is 6.42 Å². The highest BCUT2D eigenvalue weighted by molar-refractivity contribution is 5.77. The Kier molecular flexibility index (Phi) is 19.5. The smallest absolute Gasteiger partial charge is 0.307 e. The lowest BCUT2D eigenvalue weighted by molar-refractivity contribution is -0.148. The molecule has 1 atom stereocenters. The number of carboxylic acids is 2. The lowest BCUT2D eigenvalue weighted by Gasteiger charge is -2.09. The van der Waals surface area contributed by atoms with Crippen molar-refractivity contribution in [1.82, 2.24) is 0 Å². The van der Waals surface area contributed by atoms with Gasteiger partial charge in [-0.25, -0.2) is 0 Å². The molecule has 2 N–H and O–H groups in total. The predicted molar refractivity (Wildman–Crippen MR) is 117 cm³/mol. The third-order valence-electron chi connectivity index (χ3n) is 5.33. The molecular weight excluding hydrogens is 352 g/mol. The summed E-state index contributed by atoms with van der Waals surface area (Å²) in [4.78, 5) is 21.6. The molecule has 0 fully saturated rings. The van der Waals surface area contributed by atoms with Gasteiger partial charge in [-0.2, -0.15) is 0 Å². The van der Waals surface area contributed by atoms with Crippen molar-refractivity contribution in [2.75, 3.05) is 0 Å². The Morgan fingerprint density at radius 2 is 1.11 bits per heavy atom. The van der Waals surface area contributed by atoms with Crippen molar-refractivity contribution in [2.24, 2.45) is 5.92 Å². The minimum atomic E-state index is -1.02. The van der Waals surface area contributed by atoms with Crippen LogP contribution in [0.25, 0.3) is 0 Å². The Hall–Kier alpha value is -1.32. The van der Waals surface area contributed by atoms with Crippen LogP contribution in [0.2, 0.25) is 0 Å². The third-order valence-corrected chi connectivity index (χ3v) is 5.33. The second-order valence-electron chi connectivity index (χ2n) is 8.07. The minimum Gasteiger partial charge on any atom is -0.481 e. The standard InChI is InChI=1S/C24H44O4/c1-2-3-4-5-6-7-8-9-10-11-12-13-14-15-16-17-18-19-20-22(24(27)28)21-23(25)26/h7-8,22H,2-6,9-21H2,1H3,(H,25,26)(H,27,28)/b8-7+. The van der Waals surface area contributed by atoms with Crippen LogP contribution >= 0.6 is 0 Å². The molecule has 0 saturated heterocycles. The number of allylic oxidation sites excluding steroid dienone is 2. The summed E-state index contributed by atoms with van der Waals surface area (Å²) in [5, 5.41) is 17.7. The van der Waals surface area contributed by atoms with Gasteiger partial charge in [0.05, 0.1) is 12.3 Å². The molecule has 164 valence electrons. The molecule has 4 nitrogen and oxygen atoms in total. The van der Waals surface area contributed by atoms with Crippen molar-refractivity contribution in [2.45, 2.75) is 122 Å². The van der Waals surface area contributed by atoms with E-state index in [2.05, 4.69) is 19.1 Å². The van der Waals surface area contributed by atoms with Crippen LogP contribution in [-0.2, 0) is 9.59 Å². The first kappa shape index (κ1) is 26.7. The normalized spacial score (nSPS) is 12.5. The van der Waals surface area contributed by atoms with E-state index < -0.39 is 17.9 Å². The first-order chi connectivity index (χ1) is 13.6. The fraction of sp³-hybridized carbons (Fsp3) is 0.833.